The number of hydrogen-bond donors (Lipinski definition) is 1. The van der Waals surface area contributed by atoms with E-state index in [1.165, 1.54) is 5.56 Å². The van der Waals surface area contributed by atoms with Crippen molar-refractivity contribution in [2.75, 3.05) is 24.5 Å². The molecule has 0 bridgehead atoms. The van der Waals surface area contributed by atoms with Crippen LogP contribution in [0.1, 0.15) is 39.2 Å². The highest BCUT2D eigenvalue weighted by Crippen LogP contribution is 2.22. The average molecular weight is 234 g/mol. The molecule has 94 valence electrons. The van der Waals surface area contributed by atoms with E-state index in [0.29, 0.717) is 5.92 Å². The molecule has 0 aromatic carbocycles. The van der Waals surface area contributed by atoms with Gasteiger partial charge in [0.05, 0.1) is 0 Å². The van der Waals surface area contributed by atoms with Gasteiger partial charge in [-0.05, 0) is 25.3 Å². The topological polar surface area (TPSA) is 41.1 Å². The third-order valence-corrected chi connectivity index (χ3v) is 3.37. The van der Waals surface area contributed by atoms with E-state index in [9.17, 15) is 0 Å². The smallest absolute Gasteiger partial charge is 0.225 e. The molecule has 0 saturated carbocycles. The Balaban J connectivity index is 2.21. The van der Waals surface area contributed by atoms with Crippen LogP contribution in [0, 0.1) is 0 Å². The van der Waals surface area contributed by atoms with Gasteiger partial charge in [0.15, 0.2) is 0 Å². The summed E-state index contributed by atoms with van der Waals surface area (Å²) in [7, 11) is 0. The van der Waals surface area contributed by atoms with Gasteiger partial charge in [0, 0.05) is 37.6 Å². The molecular formula is C13H22N4. The van der Waals surface area contributed by atoms with Crippen molar-refractivity contribution >= 4 is 5.95 Å². The Morgan fingerprint density at radius 2 is 1.94 bits per heavy atom. The maximum absolute atomic E-state index is 4.51. The van der Waals surface area contributed by atoms with Crippen LogP contribution in [0.15, 0.2) is 12.4 Å². The largest absolute Gasteiger partial charge is 0.333 e. The van der Waals surface area contributed by atoms with Crippen molar-refractivity contribution in [3.8, 4) is 0 Å². The first kappa shape index (κ1) is 12.3. The first-order valence-corrected chi connectivity index (χ1v) is 6.31. The molecule has 1 N–H and O–H groups in total. The van der Waals surface area contributed by atoms with Crippen molar-refractivity contribution in [2.45, 2.75) is 39.2 Å². The highest BCUT2D eigenvalue weighted by Gasteiger charge is 2.31. The molecule has 0 unspecified atom stereocenters. The normalized spacial score (nSPS) is 19.7. The Hall–Kier alpha value is -1.16. The summed E-state index contributed by atoms with van der Waals surface area (Å²) in [6, 6.07) is 0. The fourth-order valence-corrected chi connectivity index (χ4v) is 2.12. The van der Waals surface area contributed by atoms with Crippen molar-refractivity contribution in [3.05, 3.63) is 18.0 Å². The fourth-order valence-electron chi connectivity index (χ4n) is 2.12. The Labute approximate surface area is 103 Å². The zero-order valence-corrected chi connectivity index (χ0v) is 11.2. The molecule has 1 aliphatic rings. The Bertz CT molecular complexity index is 370. The second-order valence-electron chi connectivity index (χ2n) is 5.61. The van der Waals surface area contributed by atoms with Crippen LogP contribution >= 0.6 is 0 Å². The number of hydrogen-bond acceptors (Lipinski definition) is 4. The van der Waals surface area contributed by atoms with Crippen LogP contribution in [0.5, 0.6) is 0 Å². The second-order valence-corrected chi connectivity index (χ2v) is 5.61. The number of rotatable bonds is 2. The van der Waals surface area contributed by atoms with Crippen molar-refractivity contribution in [1.29, 1.82) is 0 Å². The van der Waals surface area contributed by atoms with Crippen molar-refractivity contribution in [2.24, 2.45) is 0 Å². The summed E-state index contributed by atoms with van der Waals surface area (Å²) in [6.07, 6.45) is 3.90. The molecule has 0 amide bonds. The van der Waals surface area contributed by atoms with Crippen molar-refractivity contribution in [3.63, 3.8) is 0 Å². The summed E-state index contributed by atoms with van der Waals surface area (Å²) in [5.74, 6) is 1.33. The van der Waals surface area contributed by atoms with Crippen LogP contribution in [0.4, 0.5) is 5.95 Å². The molecule has 1 aromatic rings. The van der Waals surface area contributed by atoms with Crippen LogP contribution in [0.25, 0.3) is 0 Å². The molecule has 17 heavy (non-hydrogen) atoms. The van der Waals surface area contributed by atoms with E-state index in [4.69, 9.17) is 0 Å². The predicted octanol–water partition coefficient (Wildman–Crippen LogP) is 1.79. The Morgan fingerprint density at radius 1 is 1.29 bits per heavy atom. The summed E-state index contributed by atoms with van der Waals surface area (Å²) in [5.41, 5.74) is 1.28. The zero-order valence-electron chi connectivity index (χ0n) is 11.2. The van der Waals surface area contributed by atoms with E-state index < -0.39 is 0 Å². The van der Waals surface area contributed by atoms with E-state index >= 15 is 0 Å². The van der Waals surface area contributed by atoms with Crippen LogP contribution in [0.3, 0.4) is 0 Å². The van der Waals surface area contributed by atoms with Gasteiger partial charge in [-0.3, -0.25) is 0 Å². The van der Waals surface area contributed by atoms with Crippen molar-refractivity contribution in [1.82, 2.24) is 15.3 Å². The van der Waals surface area contributed by atoms with Gasteiger partial charge < -0.3 is 10.2 Å². The molecule has 1 saturated heterocycles. The van der Waals surface area contributed by atoms with E-state index in [1.807, 2.05) is 12.4 Å². The van der Waals surface area contributed by atoms with Gasteiger partial charge in [-0.25, -0.2) is 9.97 Å². The minimum Gasteiger partial charge on any atom is -0.333 e. The van der Waals surface area contributed by atoms with Gasteiger partial charge in [-0.15, -0.1) is 0 Å². The van der Waals surface area contributed by atoms with Crippen LogP contribution < -0.4 is 10.2 Å². The molecule has 0 spiro atoms. The molecular weight excluding hydrogens is 212 g/mol. The van der Waals surface area contributed by atoms with Gasteiger partial charge in [-0.1, -0.05) is 13.8 Å². The van der Waals surface area contributed by atoms with Crippen molar-refractivity contribution < 1.29 is 0 Å². The highest BCUT2D eigenvalue weighted by atomic mass is 15.3. The average Bonchev–Trinajstić information content (AvgIpc) is 2.28. The van der Waals surface area contributed by atoms with Gasteiger partial charge in [-0.2, -0.15) is 0 Å². The fraction of sp³-hybridized carbons (Fsp3) is 0.692. The first-order chi connectivity index (χ1) is 8.00. The summed E-state index contributed by atoms with van der Waals surface area (Å²) in [6.45, 7) is 11.7. The number of nitrogens with zero attached hydrogens (tertiary/aromatic N) is 3. The number of nitrogens with one attached hydrogen (secondary N) is 1. The quantitative estimate of drug-likeness (QED) is 0.847. The number of piperazine rings is 1. The molecule has 0 atom stereocenters. The standard InChI is InChI=1S/C13H22N4/c1-10(2)11-7-15-12(16-8-11)17-6-5-14-9-13(17,3)4/h7-8,10,14H,5-6,9H2,1-4H3. The summed E-state index contributed by atoms with van der Waals surface area (Å²) < 4.78 is 0. The molecule has 4 nitrogen and oxygen atoms in total. The van der Waals surface area contributed by atoms with E-state index in [1.54, 1.807) is 0 Å². The second kappa shape index (κ2) is 4.61. The maximum Gasteiger partial charge on any atom is 0.225 e. The first-order valence-electron chi connectivity index (χ1n) is 6.31. The Kier molecular flexibility index (Phi) is 3.33. The number of anilines is 1. The molecule has 4 heteroatoms. The Morgan fingerprint density at radius 3 is 2.47 bits per heavy atom. The van der Waals surface area contributed by atoms with Gasteiger partial charge >= 0.3 is 0 Å². The lowest BCUT2D eigenvalue weighted by Crippen LogP contribution is -2.58. The van der Waals surface area contributed by atoms with Crippen LogP contribution in [-0.4, -0.2) is 35.1 Å². The molecule has 0 aliphatic carbocycles. The molecule has 2 heterocycles. The predicted molar refractivity (Wildman–Crippen MR) is 70.4 cm³/mol. The minimum atomic E-state index is 0.0809. The van der Waals surface area contributed by atoms with Crippen LogP contribution in [-0.2, 0) is 0 Å². The third kappa shape index (κ3) is 2.57. The van der Waals surface area contributed by atoms with Gasteiger partial charge in [0.25, 0.3) is 0 Å². The van der Waals surface area contributed by atoms with Crippen LogP contribution in [0.2, 0.25) is 0 Å². The highest BCUT2D eigenvalue weighted by molar-refractivity contribution is 5.36. The summed E-state index contributed by atoms with van der Waals surface area (Å²) >= 11 is 0. The van der Waals surface area contributed by atoms with Gasteiger partial charge in [0.2, 0.25) is 5.95 Å². The minimum absolute atomic E-state index is 0.0809. The summed E-state index contributed by atoms with van der Waals surface area (Å²) in [5, 5.41) is 3.41. The lowest BCUT2D eigenvalue weighted by molar-refractivity contribution is 0.374. The lowest BCUT2D eigenvalue weighted by Gasteiger charge is -2.42. The van der Waals surface area contributed by atoms with E-state index in [0.717, 1.165) is 25.6 Å². The van der Waals surface area contributed by atoms with Gasteiger partial charge in [0.1, 0.15) is 0 Å². The molecule has 0 radical (unpaired) electrons. The lowest BCUT2D eigenvalue weighted by atomic mass is 10.0. The molecule has 1 aromatic heterocycles. The van der Waals surface area contributed by atoms with E-state index in [-0.39, 0.29) is 5.54 Å². The zero-order chi connectivity index (χ0) is 12.5. The SMILES string of the molecule is CC(C)c1cnc(N2CCNCC2(C)C)nc1. The van der Waals surface area contributed by atoms with E-state index in [2.05, 4.69) is 47.9 Å². The maximum atomic E-state index is 4.51. The third-order valence-electron chi connectivity index (χ3n) is 3.37. The number of aromatic nitrogens is 2. The molecule has 1 fully saturated rings. The summed E-state index contributed by atoms with van der Waals surface area (Å²) in [4.78, 5) is 11.3. The molecule has 2 rings (SSSR count). The monoisotopic (exact) mass is 234 g/mol. The molecule has 1 aliphatic heterocycles.